The molecular formula is C62H42N4O4Pt-2. The average Bonchev–Trinajstić information content (AvgIpc) is 4.31. The van der Waals surface area contributed by atoms with E-state index in [2.05, 4.69) is 214 Å². The molecule has 0 saturated carbocycles. The molecule has 4 fully saturated rings. The van der Waals surface area contributed by atoms with E-state index < -0.39 is 17.6 Å². The van der Waals surface area contributed by atoms with Gasteiger partial charge in [0.2, 0.25) is 0 Å². The molecule has 6 bridgehead atoms. The van der Waals surface area contributed by atoms with Gasteiger partial charge in [0.15, 0.2) is 0 Å². The fourth-order valence-electron chi connectivity index (χ4n) is 12.0. The standard InChI is InChI=1S/C62H42N4O4.Pt/c1-5-15-39(16-6-1)49-23-13-24-50(40-17-7-2-8-18-40)57(49)47-29-43-27-44(30-47)54-34-68-60-62-66(38-64(54)60)56(36-70-62)46-28-45(55-35-69-61-59-63(37-65(55)61)53(43)33-67-59)31-48(32-46)58-51(41-19-9-3-10-20-41)25-14-26-52(58)42-21-11-4-12-22-42;/h1-26,29-32,53-56H,33-36H2;/q-2;. The van der Waals surface area contributed by atoms with Gasteiger partial charge in [-0.25, -0.2) is 0 Å². The quantitative estimate of drug-likeness (QED) is 0.153. The summed E-state index contributed by atoms with van der Waals surface area (Å²) in [7, 11) is 0. The Bertz CT molecular complexity index is 3250. The molecule has 4 saturated heterocycles. The number of fused-ring (bicyclic) bond motifs is 8. The molecule has 346 valence electrons. The van der Waals surface area contributed by atoms with E-state index in [1.807, 2.05) is 0 Å². The van der Waals surface area contributed by atoms with Crippen LogP contribution in [0.4, 0.5) is 0 Å². The summed E-state index contributed by atoms with van der Waals surface area (Å²) in [4.78, 5) is 9.87. The van der Waals surface area contributed by atoms with Gasteiger partial charge in [-0.3, -0.25) is 0 Å². The zero-order valence-electron chi connectivity index (χ0n) is 38.2. The first-order valence-corrected chi connectivity index (χ1v) is 26.6. The van der Waals surface area contributed by atoms with Gasteiger partial charge >= 0.3 is 422 Å². The summed E-state index contributed by atoms with van der Waals surface area (Å²) < 4.78 is 30.1. The summed E-state index contributed by atoms with van der Waals surface area (Å²) in [6, 6.07) is 73.6. The maximum atomic E-state index is 6.91. The first-order chi connectivity index (χ1) is 35.2. The Kier molecular flexibility index (Phi) is 8.58. The minimum absolute atomic E-state index is 0.140. The van der Waals surface area contributed by atoms with Gasteiger partial charge in [0.25, 0.3) is 0 Å². The van der Waals surface area contributed by atoms with E-state index in [1.54, 1.807) is 0 Å². The summed E-state index contributed by atoms with van der Waals surface area (Å²) >= 11 is -0.926. The van der Waals surface area contributed by atoms with Crippen molar-refractivity contribution < 1.29 is 36.6 Å². The molecule has 9 heteroatoms. The van der Waals surface area contributed by atoms with Crippen molar-refractivity contribution in [3.63, 3.8) is 0 Å². The van der Waals surface area contributed by atoms with E-state index in [0.29, 0.717) is 26.4 Å². The predicted molar refractivity (Wildman–Crippen MR) is 269 cm³/mol. The molecule has 0 aromatic heterocycles. The summed E-state index contributed by atoms with van der Waals surface area (Å²) in [6.07, 6.45) is 0. The molecule has 71 heavy (non-hydrogen) atoms. The van der Waals surface area contributed by atoms with E-state index >= 15 is 0 Å². The van der Waals surface area contributed by atoms with Crippen LogP contribution in [0.3, 0.4) is 0 Å². The van der Waals surface area contributed by atoms with E-state index in [9.17, 15) is 0 Å². The van der Waals surface area contributed by atoms with Crippen LogP contribution in [0.2, 0.25) is 0 Å². The van der Waals surface area contributed by atoms with Gasteiger partial charge in [-0.15, -0.1) is 0 Å². The number of nitrogens with zero attached hydrogens (tertiary/aromatic N) is 4. The fourth-order valence-corrected chi connectivity index (χ4v) is 15.9. The molecule has 8 nitrogen and oxygen atoms in total. The van der Waals surface area contributed by atoms with Crippen molar-refractivity contribution in [1.29, 1.82) is 0 Å². The molecule has 8 aliphatic heterocycles. The molecule has 8 aromatic rings. The van der Waals surface area contributed by atoms with Crippen molar-refractivity contribution in [3.8, 4) is 66.8 Å². The number of ether oxygens (including phenoxy) is 4. The minimum atomic E-state index is -0.926. The third kappa shape index (κ3) is 5.83. The number of rotatable bonds is 6. The molecule has 0 radical (unpaired) electrons. The SMILES string of the molecule is [c-]1c2cc(-c3c(-c4ccccc4)cccc3-c3ccccc3)cc1C1COC3=C4OCC5c6[c-]c(cc(-c7c(-c8ccccc8)cccc7-c7ccccc7)c6)C6COC7=C8OCC2N8[C](=[Pt]=[C](N31)N45)N76. The second-order valence-corrected chi connectivity index (χ2v) is 21.6. The van der Waals surface area contributed by atoms with Gasteiger partial charge in [0.05, 0.1) is 0 Å². The molecule has 16 rings (SSSR count). The third-order valence-electron chi connectivity index (χ3n) is 15.2. The van der Waals surface area contributed by atoms with Gasteiger partial charge in [-0.1, -0.05) is 0 Å². The topological polar surface area (TPSA) is 49.9 Å². The van der Waals surface area contributed by atoms with E-state index in [-0.39, 0.29) is 24.2 Å². The zero-order valence-corrected chi connectivity index (χ0v) is 40.5. The van der Waals surface area contributed by atoms with Crippen molar-refractivity contribution in [1.82, 2.24) is 19.6 Å². The monoisotopic (exact) mass is 1100 g/mol. The number of benzene rings is 8. The summed E-state index contributed by atoms with van der Waals surface area (Å²) in [6.45, 7) is 1.92. The van der Waals surface area contributed by atoms with Crippen LogP contribution in [0.5, 0.6) is 0 Å². The second-order valence-electron chi connectivity index (χ2n) is 19.0. The summed E-state index contributed by atoms with van der Waals surface area (Å²) in [5, 5.41) is 0. The normalized spacial score (nSPS) is 21.5. The van der Waals surface area contributed by atoms with Crippen LogP contribution >= 0.6 is 0 Å². The first kappa shape index (κ1) is 39.9. The molecule has 8 aliphatic rings. The van der Waals surface area contributed by atoms with E-state index in [1.165, 1.54) is 63.9 Å². The van der Waals surface area contributed by atoms with Gasteiger partial charge in [0.1, 0.15) is 0 Å². The van der Waals surface area contributed by atoms with Crippen LogP contribution in [-0.4, -0.2) is 54.3 Å². The Morgan fingerprint density at radius 1 is 0.324 bits per heavy atom. The zero-order chi connectivity index (χ0) is 46.3. The Hall–Kier alpha value is -7.93. The van der Waals surface area contributed by atoms with Crippen LogP contribution in [0.25, 0.3) is 66.8 Å². The van der Waals surface area contributed by atoms with Crippen molar-refractivity contribution in [3.05, 3.63) is 240 Å². The fraction of sp³-hybridized carbons (Fsp3) is 0.129. The van der Waals surface area contributed by atoms with Gasteiger partial charge < -0.3 is 0 Å². The first-order valence-electron chi connectivity index (χ1n) is 24.3. The van der Waals surface area contributed by atoms with Crippen molar-refractivity contribution in [2.24, 2.45) is 0 Å². The Balaban J connectivity index is 0.921. The van der Waals surface area contributed by atoms with Crippen molar-refractivity contribution >= 4 is 8.29 Å². The molecule has 0 spiro atoms. The van der Waals surface area contributed by atoms with Crippen LogP contribution in [0.15, 0.2) is 206 Å². The van der Waals surface area contributed by atoms with Crippen LogP contribution in [0.1, 0.15) is 46.4 Å². The predicted octanol–water partition coefficient (Wildman–Crippen LogP) is 12.0. The van der Waals surface area contributed by atoms with Gasteiger partial charge in [0, 0.05) is 0 Å². The van der Waals surface area contributed by atoms with E-state index in [0.717, 1.165) is 56.9 Å². The molecular weight excluding hydrogens is 1060 g/mol. The van der Waals surface area contributed by atoms with Crippen molar-refractivity contribution in [2.45, 2.75) is 24.2 Å². The Morgan fingerprint density at radius 2 is 0.592 bits per heavy atom. The Labute approximate surface area is 419 Å². The average molecular weight is 1100 g/mol. The molecule has 8 aromatic carbocycles. The molecule has 0 N–H and O–H groups in total. The third-order valence-corrected chi connectivity index (χ3v) is 18.4. The summed E-state index contributed by atoms with van der Waals surface area (Å²) in [5.74, 6) is 3.15. The van der Waals surface area contributed by atoms with Crippen LogP contribution in [-0.2, 0) is 36.6 Å². The molecule has 0 amide bonds. The van der Waals surface area contributed by atoms with Crippen LogP contribution in [0, 0.1) is 12.1 Å². The Morgan fingerprint density at radius 3 is 0.859 bits per heavy atom. The van der Waals surface area contributed by atoms with Crippen LogP contribution < -0.4 is 0 Å². The van der Waals surface area contributed by atoms with Gasteiger partial charge in [-0.05, 0) is 0 Å². The molecule has 4 atom stereocenters. The number of hydrogen-bond acceptors (Lipinski definition) is 8. The number of hydrogen-bond donors (Lipinski definition) is 0. The summed E-state index contributed by atoms with van der Waals surface area (Å²) in [5.41, 5.74) is 18.4. The molecule has 8 heterocycles. The second kappa shape index (κ2) is 15.3. The molecule has 0 aliphatic carbocycles. The van der Waals surface area contributed by atoms with Gasteiger partial charge in [-0.2, -0.15) is 0 Å². The molecule has 4 unspecified atom stereocenters. The maximum absolute atomic E-state index is 6.91. The van der Waals surface area contributed by atoms with Crippen molar-refractivity contribution in [2.75, 3.05) is 26.4 Å². The van der Waals surface area contributed by atoms with E-state index in [4.69, 9.17) is 18.9 Å².